The van der Waals surface area contributed by atoms with Crippen LogP contribution in [0.5, 0.6) is 0 Å². The van der Waals surface area contributed by atoms with Crippen LogP contribution in [0.25, 0.3) is 22.1 Å². The van der Waals surface area contributed by atoms with E-state index in [-0.39, 0.29) is 11.3 Å². The number of hydrogen-bond acceptors (Lipinski definition) is 4. The topological polar surface area (TPSA) is 59.6 Å². The lowest BCUT2D eigenvalue weighted by Gasteiger charge is -2.06. The maximum absolute atomic E-state index is 12.2. The Morgan fingerprint density at radius 2 is 1.65 bits per heavy atom. The third-order valence-corrected chi connectivity index (χ3v) is 3.01. The highest BCUT2D eigenvalue weighted by Gasteiger charge is 2.15. The minimum atomic E-state index is -0.524. The molecule has 0 fully saturated rings. The molecule has 1 heterocycles. The zero-order chi connectivity index (χ0) is 13.9. The number of para-hydroxylation sites is 1. The van der Waals surface area contributed by atoms with E-state index in [1.807, 2.05) is 6.07 Å². The van der Waals surface area contributed by atoms with Crippen molar-refractivity contribution in [1.29, 1.82) is 0 Å². The minimum Gasteiger partial charge on any atom is -0.422 e. The molecule has 0 N–H and O–H groups in total. The van der Waals surface area contributed by atoms with Gasteiger partial charge in [-0.3, -0.25) is 0 Å². The van der Waals surface area contributed by atoms with Gasteiger partial charge in [0.2, 0.25) is 6.08 Å². The van der Waals surface area contributed by atoms with E-state index in [0.29, 0.717) is 16.5 Å². The van der Waals surface area contributed by atoms with E-state index in [1.54, 1.807) is 48.5 Å². The molecule has 1 aromatic heterocycles. The molecule has 0 saturated heterocycles. The minimum absolute atomic E-state index is 0.271. The lowest BCUT2D eigenvalue weighted by atomic mass is 10.0. The number of isocyanates is 1. The van der Waals surface area contributed by atoms with E-state index in [0.717, 1.165) is 0 Å². The molecular weight excluding hydrogens is 254 g/mol. The number of benzene rings is 2. The largest absolute Gasteiger partial charge is 0.422 e. The first-order chi connectivity index (χ1) is 9.81. The number of fused-ring (bicyclic) bond motifs is 1. The fraction of sp³-hybridized carbons (Fsp3) is 0. The van der Waals surface area contributed by atoms with Gasteiger partial charge < -0.3 is 4.42 Å². The average molecular weight is 263 g/mol. The molecule has 3 aromatic rings. The Kier molecular flexibility index (Phi) is 2.99. The normalized spacial score (nSPS) is 10.2. The van der Waals surface area contributed by atoms with Crippen LogP contribution in [-0.4, -0.2) is 6.08 Å². The van der Waals surface area contributed by atoms with Crippen molar-refractivity contribution >= 4 is 22.7 Å². The number of nitrogens with zero attached hydrogens (tertiary/aromatic N) is 1. The fourth-order valence-corrected chi connectivity index (χ4v) is 2.15. The van der Waals surface area contributed by atoms with Crippen LogP contribution in [0.15, 0.2) is 68.8 Å². The molecule has 0 aliphatic carbocycles. The van der Waals surface area contributed by atoms with Crippen LogP contribution < -0.4 is 5.63 Å². The molecule has 3 rings (SSSR count). The van der Waals surface area contributed by atoms with E-state index < -0.39 is 5.63 Å². The zero-order valence-electron chi connectivity index (χ0n) is 10.4. The average Bonchev–Trinajstić information content (AvgIpc) is 2.48. The molecule has 0 spiro atoms. The van der Waals surface area contributed by atoms with E-state index >= 15 is 0 Å². The molecule has 0 aliphatic heterocycles. The summed E-state index contributed by atoms with van der Waals surface area (Å²) in [7, 11) is 0. The smallest absolute Gasteiger partial charge is 0.346 e. The maximum Gasteiger partial charge on any atom is 0.346 e. The first kappa shape index (κ1) is 12.1. The molecule has 4 heteroatoms. The lowest BCUT2D eigenvalue weighted by molar-refractivity contribution is 0.562. The Morgan fingerprint density at radius 1 is 0.950 bits per heavy atom. The Hall–Kier alpha value is -2.97. The Morgan fingerprint density at radius 3 is 2.40 bits per heavy atom. The van der Waals surface area contributed by atoms with Gasteiger partial charge in [-0.15, -0.1) is 0 Å². The zero-order valence-corrected chi connectivity index (χ0v) is 10.4. The number of rotatable bonds is 2. The van der Waals surface area contributed by atoms with Crippen LogP contribution in [0.1, 0.15) is 0 Å². The standard InChI is InChI=1S/C16H9NO3/c18-10-17-15-12-8-4-5-9-13(12)20-16(19)14(15)11-6-2-1-3-7-11/h1-9H. The molecule has 0 bridgehead atoms. The van der Waals surface area contributed by atoms with Crippen molar-refractivity contribution in [2.45, 2.75) is 0 Å². The molecule has 0 aliphatic rings. The van der Waals surface area contributed by atoms with Crippen LogP contribution in [0.4, 0.5) is 5.69 Å². The van der Waals surface area contributed by atoms with Crippen LogP contribution in [0, 0.1) is 0 Å². The first-order valence-corrected chi connectivity index (χ1v) is 6.00. The number of aliphatic imine (C=N–C) groups is 1. The Balaban J connectivity index is 2.48. The third kappa shape index (κ3) is 1.94. The Labute approximate surface area is 114 Å². The quantitative estimate of drug-likeness (QED) is 0.404. The highest BCUT2D eigenvalue weighted by Crippen LogP contribution is 2.33. The summed E-state index contributed by atoms with van der Waals surface area (Å²) in [5, 5.41) is 0.606. The molecule has 0 radical (unpaired) electrons. The number of hydrogen-bond donors (Lipinski definition) is 0. The molecule has 96 valence electrons. The molecule has 0 saturated carbocycles. The van der Waals surface area contributed by atoms with Crippen LogP contribution in [0.2, 0.25) is 0 Å². The van der Waals surface area contributed by atoms with Crippen LogP contribution in [-0.2, 0) is 4.79 Å². The second kappa shape index (κ2) is 4.96. The summed E-state index contributed by atoms with van der Waals surface area (Å²) in [5.74, 6) is 0. The van der Waals surface area contributed by atoms with Gasteiger partial charge in [-0.25, -0.2) is 9.59 Å². The van der Waals surface area contributed by atoms with Crippen LogP contribution in [0.3, 0.4) is 0 Å². The second-order valence-electron chi connectivity index (χ2n) is 4.18. The van der Waals surface area contributed by atoms with Crippen molar-refractivity contribution in [1.82, 2.24) is 0 Å². The summed E-state index contributed by atoms with van der Waals surface area (Å²) in [4.78, 5) is 26.6. The summed E-state index contributed by atoms with van der Waals surface area (Å²) in [6.45, 7) is 0. The fourth-order valence-electron chi connectivity index (χ4n) is 2.15. The lowest BCUT2D eigenvalue weighted by Crippen LogP contribution is -2.03. The summed E-state index contributed by atoms with van der Waals surface area (Å²) in [6, 6.07) is 15.9. The van der Waals surface area contributed by atoms with E-state index in [9.17, 15) is 9.59 Å². The summed E-state index contributed by atoms with van der Waals surface area (Å²) < 4.78 is 5.29. The van der Waals surface area contributed by atoms with Gasteiger partial charge in [0.25, 0.3) is 0 Å². The molecule has 0 unspecified atom stereocenters. The first-order valence-electron chi connectivity index (χ1n) is 6.00. The van der Waals surface area contributed by atoms with Gasteiger partial charge in [0.05, 0.1) is 5.56 Å². The molecule has 0 amide bonds. The molecular formula is C16H9NO3. The van der Waals surface area contributed by atoms with Gasteiger partial charge in [0.1, 0.15) is 11.3 Å². The van der Waals surface area contributed by atoms with Crippen molar-refractivity contribution in [3.8, 4) is 11.1 Å². The monoisotopic (exact) mass is 263 g/mol. The van der Waals surface area contributed by atoms with E-state index in [2.05, 4.69) is 4.99 Å². The van der Waals surface area contributed by atoms with Gasteiger partial charge in [-0.1, -0.05) is 42.5 Å². The highest BCUT2D eigenvalue weighted by molar-refractivity contribution is 5.97. The van der Waals surface area contributed by atoms with Crippen molar-refractivity contribution in [2.75, 3.05) is 0 Å². The van der Waals surface area contributed by atoms with E-state index in [1.165, 1.54) is 6.08 Å². The number of carbonyl (C=O) groups excluding carboxylic acids is 1. The van der Waals surface area contributed by atoms with Crippen LogP contribution >= 0.6 is 0 Å². The van der Waals surface area contributed by atoms with Gasteiger partial charge in [-0.05, 0) is 17.7 Å². The van der Waals surface area contributed by atoms with Gasteiger partial charge >= 0.3 is 5.63 Å². The van der Waals surface area contributed by atoms with E-state index in [4.69, 9.17) is 4.42 Å². The predicted octanol–water partition coefficient (Wildman–Crippen LogP) is 3.43. The second-order valence-corrected chi connectivity index (χ2v) is 4.18. The molecule has 20 heavy (non-hydrogen) atoms. The molecule has 0 atom stereocenters. The van der Waals surface area contributed by atoms with Gasteiger partial charge in [0, 0.05) is 5.39 Å². The summed E-state index contributed by atoms with van der Waals surface area (Å²) >= 11 is 0. The Bertz CT molecular complexity index is 875. The maximum atomic E-state index is 12.2. The van der Waals surface area contributed by atoms with Crippen molar-refractivity contribution in [3.05, 3.63) is 65.0 Å². The van der Waals surface area contributed by atoms with Crippen molar-refractivity contribution in [3.63, 3.8) is 0 Å². The third-order valence-electron chi connectivity index (χ3n) is 3.01. The highest BCUT2D eigenvalue weighted by atomic mass is 16.4. The summed E-state index contributed by atoms with van der Waals surface area (Å²) in [5.41, 5.74) is 1.08. The SMILES string of the molecule is O=C=Nc1c(-c2ccccc2)c(=O)oc2ccccc12. The molecule has 4 nitrogen and oxygen atoms in total. The predicted molar refractivity (Wildman–Crippen MR) is 75.7 cm³/mol. The van der Waals surface area contributed by atoms with Gasteiger partial charge in [-0.2, -0.15) is 4.99 Å². The molecule has 2 aromatic carbocycles. The van der Waals surface area contributed by atoms with Crippen molar-refractivity contribution in [2.24, 2.45) is 4.99 Å². The van der Waals surface area contributed by atoms with Crippen molar-refractivity contribution < 1.29 is 9.21 Å². The van der Waals surface area contributed by atoms with Gasteiger partial charge in [0.15, 0.2) is 0 Å². The summed E-state index contributed by atoms with van der Waals surface area (Å²) in [6.07, 6.45) is 1.51.